The maximum Gasteiger partial charge on any atom is 0.407 e. The molecule has 3 rings (SSSR count). The highest BCUT2D eigenvalue weighted by molar-refractivity contribution is 5.67. The molecule has 1 amide bonds. The molecule has 162 valence electrons. The van der Waals surface area contributed by atoms with E-state index in [1.807, 2.05) is 33.8 Å². The van der Waals surface area contributed by atoms with E-state index in [9.17, 15) is 13.6 Å². The number of aromatic nitrogens is 3. The molecule has 2 heterocycles. The number of amides is 1. The second kappa shape index (κ2) is 9.47. The summed E-state index contributed by atoms with van der Waals surface area (Å²) in [5.74, 6) is -2.32. The highest BCUT2D eigenvalue weighted by Crippen LogP contribution is 2.32. The first-order chi connectivity index (χ1) is 13.5. The van der Waals surface area contributed by atoms with Crippen molar-refractivity contribution < 1.29 is 18.3 Å². The number of nitrogens with zero attached hydrogens (tertiary/aromatic N) is 3. The number of carbonyl (C=O) groups excluding carboxylic acids is 1. The molecule has 0 spiro atoms. The maximum absolute atomic E-state index is 12.2. The summed E-state index contributed by atoms with van der Waals surface area (Å²) in [5.41, 5.74) is 7.62. The zero-order chi connectivity index (χ0) is 21.7. The van der Waals surface area contributed by atoms with Crippen LogP contribution in [0.3, 0.4) is 0 Å². The summed E-state index contributed by atoms with van der Waals surface area (Å²) in [6.45, 7) is 7.62. The van der Waals surface area contributed by atoms with Crippen LogP contribution in [0, 0.1) is 0 Å². The average Bonchev–Trinajstić information content (AvgIpc) is 3.01. The van der Waals surface area contributed by atoms with Crippen LogP contribution in [-0.4, -0.2) is 32.2 Å². The molecule has 9 heteroatoms. The normalized spacial score (nSPS) is 17.2. The Balaban J connectivity index is 0.000000313. The fourth-order valence-electron chi connectivity index (χ4n) is 2.82. The molecule has 0 bridgehead atoms. The Labute approximate surface area is 170 Å². The first-order valence-electron chi connectivity index (χ1n) is 9.90. The van der Waals surface area contributed by atoms with Crippen molar-refractivity contribution in [3.63, 3.8) is 0 Å². The van der Waals surface area contributed by atoms with Crippen molar-refractivity contribution in [2.45, 2.75) is 83.9 Å². The second-order valence-corrected chi connectivity index (χ2v) is 8.38. The number of nitrogens with two attached hydrogens (primary N) is 1. The Hall–Kier alpha value is -2.29. The number of imidazole rings is 1. The number of ether oxygens (including phenoxy) is 1. The van der Waals surface area contributed by atoms with Crippen LogP contribution in [0.5, 0.6) is 0 Å². The number of nitrogens with one attached hydrogen (secondary N) is 1. The summed E-state index contributed by atoms with van der Waals surface area (Å²) in [4.78, 5) is 16.0. The number of rotatable bonds is 3. The van der Waals surface area contributed by atoms with Gasteiger partial charge in [-0.05, 0) is 52.2 Å². The number of fused-ring (bicyclic) bond motifs is 1. The summed E-state index contributed by atoms with van der Waals surface area (Å²) >= 11 is 0. The Morgan fingerprint density at radius 3 is 2.52 bits per heavy atom. The van der Waals surface area contributed by atoms with Crippen molar-refractivity contribution >= 4 is 11.7 Å². The van der Waals surface area contributed by atoms with E-state index in [1.54, 1.807) is 16.9 Å². The highest BCUT2D eigenvalue weighted by Gasteiger charge is 2.30. The van der Waals surface area contributed by atoms with E-state index in [0.717, 1.165) is 12.0 Å². The van der Waals surface area contributed by atoms with E-state index in [1.165, 1.54) is 0 Å². The predicted molar refractivity (Wildman–Crippen MR) is 107 cm³/mol. The first-order valence-corrected chi connectivity index (χ1v) is 9.90. The number of alkyl halides is 2. The van der Waals surface area contributed by atoms with Gasteiger partial charge in [0.05, 0.1) is 24.6 Å². The van der Waals surface area contributed by atoms with Gasteiger partial charge in [-0.1, -0.05) is 6.42 Å². The van der Waals surface area contributed by atoms with E-state index in [4.69, 9.17) is 10.5 Å². The van der Waals surface area contributed by atoms with E-state index < -0.39 is 17.6 Å². The van der Waals surface area contributed by atoms with Crippen LogP contribution in [0.25, 0.3) is 5.65 Å². The third-order valence-electron chi connectivity index (χ3n) is 4.31. The van der Waals surface area contributed by atoms with Crippen molar-refractivity contribution in [1.29, 1.82) is 0 Å². The fourth-order valence-corrected chi connectivity index (χ4v) is 2.82. The van der Waals surface area contributed by atoms with E-state index in [-0.39, 0.29) is 25.4 Å². The van der Waals surface area contributed by atoms with Gasteiger partial charge < -0.3 is 15.8 Å². The van der Waals surface area contributed by atoms with Gasteiger partial charge in [-0.25, -0.2) is 23.1 Å². The van der Waals surface area contributed by atoms with Gasteiger partial charge in [0.1, 0.15) is 5.60 Å². The van der Waals surface area contributed by atoms with Gasteiger partial charge in [-0.3, -0.25) is 0 Å². The summed E-state index contributed by atoms with van der Waals surface area (Å²) in [6.07, 6.45) is 5.67. The van der Waals surface area contributed by atoms with Gasteiger partial charge >= 0.3 is 6.09 Å². The summed E-state index contributed by atoms with van der Waals surface area (Å²) in [5, 5.41) is 6.90. The molecular formula is C20H31F2N5O2. The molecule has 2 aromatic rings. The molecular weight excluding hydrogens is 380 g/mol. The first kappa shape index (κ1) is 23.0. The molecule has 1 saturated carbocycles. The van der Waals surface area contributed by atoms with Crippen LogP contribution < -0.4 is 11.1 Å². The number of hydrogen-bond acceptors (Lipinski definition) is 5. The van der Waals surface area contributed by atoms with Gasteiger partial charge in [-0.15, -0.1) is 0 Å². The molecule has 2 aromatic heterocycles. The zero-order valence-corrected chi connectivity index (χ0v) is 17.5. The van der Waals surface area contributed by atoms with E-state index in [0.29, 0.717) is 24.2 Å². The second-order valence-electron chi connectivity index (χ2n) is 8.38. The minimum Gasteiger partial charge on any atom is -0.444 e. The molecule has 1 atom stereocenters. The number of carbonyl (C=O) groups is 1. The number of alkyl carbamates (subject to hydrolysis) is 1. The molecule has 1 aliphatic carbocycles. The number of hydrogen-bond donors (Lipinski definition) is 2. The smallest absolute Gasteiger partial charge is 0.407 e. The van der Waals surface area contributed by atoms with Crippen molar-refractivity contribution in [2.24, 2.45) is 5.73 Å². The van der Waals surface area contributed by atoms with Crippen LogP contribution in [-0.2, 0) is 11.3 Å². The standard InChI is InChI=1S/C14H21N5O2.C6H10F2/c1-9(15)10-5-12-18-11(8-19(12)17-6-10)7-16-13(20)21-14(2,3)4;7-6(8)4-2-1-3-5-6/h5-6,8-9H,7,15H2,1-4H3,(H,16,20);1-5H2. The molecule has 0 aromatic carbocycles. The van der Waals surface area contributed by atoms with E-state index in [2.05, 4.69) is 15.4 Å². The van der Waals surface area contributed by atoms with Crippen LogP contribution in [0.2, 0.25) is 0 Å². The average molecular weight is 411 g/mol. The zero-order valence-electron chi connectivity index (χ0n) is 17.5. The summed E-state index contributed by atoms with van der Waals surface area (Å²) < 4.78 is 31.2. The largest absolute Gasteiger partial charge is 0.444 e. The van der Waals surface area contributed by atoms with Crippen LogP contribution >= 0.6 is 0 Å². The molecule has 29 heavy (non-hydrogen) atoms. The third-order valence-corrected chi connectivity index (χ3v) is 4.31. The van der Waals surface area contributed by atoms with Gasteiger partial charge in [0.25, 0.3) is 0 Å². The van der Waals surface area contributed by atoms with Gasteiger partial charge in [0, 0.05) is 18.9 Å². The highest BCUT2D eigenvalue weighted by atomic mass is 19.3. The van der Waals surface area contributed by atoms with Crippen LogP contribution in [0.15, 0.2) is 18.5 Å². The topological polar surface area (TPSA) is 94.5 Å². The number of halogens is 2. The molecule has 0 radical (unpaired) electrons. The monoisotopic (exact) mass is 411 g/mol. The third kappa shape index (κ3) is 7.92. The fraction of sp³-hybridized carbons (Fsp3) is 0.650. The SMILES string of the molecule is CC(N)c1cnn2cc(CNC(=O)OC(C)(C)C)nc2c1.FC1(F)CCCCC1. The van der Waals surface area contributed by atoms with Crippen LogP contribution in [0.1, 0.15) is 77.1 Å². The molecule has 3 N–H and O–H groups in total. The van der Waals surface area contributed by atoms with E-state index >= 15 is 0 Å². The Morgan fingerprint density at radius 1 is 1.34 bits per heavy atom. The lowest BCUT2D eigenvalue weighted by molar-refractivity contribution is -0.0337. The van der Waals surface area contributed by atoms with Crippen molar-refractivity contribution in [2.75, 3.05) is 0 Å². The minimum atomic E-state index is -2.32. The Bertz CT molecular complexity index is 807. The molecule has 0 saturated heterocycles. The summed E-state index contributed by atoms with van der Waals surface area (Å²) in [6, 6.07) is 1.79. The quantitative estimate of drug-likeness (QED) is 0.783. The van der Waals surface area contributed by atoms with Crippen molar-refractivity contribution in [1.82, 2.24) is 19.9 Å². The molecule has 1 aliphatic rings. The lowest BCUT2D eigenvalue weighted by Gasteiger charge is -2.20. The molecule has 1 unspecified atom stereocenters. The lowest BCUT2D eigenvalue weighted by Crippen LogP contribution is -2.32. The van der Waals surface area contributed by atoms with Gasteiger partial charge in [-0.2, -0.15) is 5.10 Å². The Morgan fingerprint density at radius 2 is 2.00 bits per heavy atom. The molecule has 1 fully saturated rings. The maximum atomic E-state index is 12.2. The predicted octanol–water partition coefficient (Wildman–Crippen LogP) is 4.36. The molecule has 0 aliphatic heterocycles. The van der Waals surface area contributed by atoms with Gasteiger partial charge in [0.15, 0.2) is 5.65 Å². The van der Waals surface area contributed by atoms with Crippen molar-refractivity contribution in [3.05, 3.63) is 29.7 Å². The molecule has 7 nitrogen and oxygen atoms in total. The van der Waals surface area contributed by atoms with Gasteiger partial charge in [0.2, 0.25) is 5.92 Å². The minimum absolute atomic E-state index is 0.0949. The lowest BCUT2D eigenvalue weighted by atomic mass is 9.97. The summed E-state index contributed by atoms with van der Waals surface area (Å²) in [7, 11) is 0. The van der Waals surface area contributed by atoms with Crippen LogP contribution in [0.4, 0.5) is 13.6 Å². The van der Waals surface area contributed by atoms with Crippen molar-refractivity contribution in [3.8, 4) is 0 Å². The Kier molecular flexibility index (Phi) is 7.51.